The molecule has 0 spiro atoms. The van der Waals surface area contributed by atoms with Crippen LogP contribution in [0.4, 0.5) is 0 Å². The molecule has 4 nitrogen and oxygen atoms in total. The van der Waals surface area contributed by atoms with Crippen molar-refractivity contribution in [3.8, 4) is 0 Å². The highest BCUT2D eigenvalue weighted by molar-refractivity contribution is 5.74. The SMILES string of the molecule is CCCCCCCC/C=C\CCCCCCCCN(C(=O)CCCCCCC/C=C\CCCCCCCC)[N+]1(C)CCOCC1. The fourth-order valence-corrected chi connectivity index (χ4v) is 6.60. The van der Waals surface area contributed by atoms with Crippen LogP contribution in [0.2, 0.25) is 0 Å². The molecular weight excluding hydrogens is 552 g/mol. The molecule has 0 atom stereocenters. The first-order valence-electron chi connectivity index (χ1n) is 20.2. The van der Waals surface area contributed by atoms with Gasteiger partial charge < -0.3 is 4.74 Å². The Balaban J connectivity index is 2.13. The Bertz CT molecular complexity index is 698. The molecule has 0 bridgehead atoms. The van der Waals surface area contributed by atoms with Crippen LogP contribution in [0, 0.1) is 0 Å². The van der Waals surface area contributed by atoms with Crippen molar-refractivity contribution in [3.63, 3.8) is 0 Å². The van der Waals surface area contributed by atoms with E-state index in [0.717, 1.165) is 50.3 Å². The smallest absolute Gasteiger partial charge is 0.267 e. The van der Waals surface area contributed by atoms with Crippen LogP contribution in [0.3, 0.4) is 0 Å². The van der Waals surface area contributed by atoms with Gasteiger partial charge in [-0.05, 0) is 64.2 Å². The minimum absolute atomic E-state index is 0.366. The van der Waals surface area contributed by atoms with E-state index in [1.807, 2.05) is 0 Å². The summed E-state index contributed by atoms with van der Waals surface area (Å²) in [5.41, 5.74) is 0. The maximum Gasteiger partial charge on any atom is 0.267 e. The molecule has 264 valence electrons. The summed E-state index contributed by atoms with van der Waals surface area (Å²) in [6.07, 6.45) is 45.7. The van der Waals surface area contributed by atoms with E-state index in [2.05, 4.69) is 50.2 Å². The molecule has 1 aliphatic heterocycles. The third kappa shape index (κ3) is 24.7. The predicted octanol–water partition coefficient (Wildman–Crippen LogP) is 12.3. The zero-order valence-corrected chi connectivity index (χ0v) is 30.9. The van der Waals surface area contributed by atoms with Crippen molar-refractivity contribution in [1.82, 2.24) is 5.01 Å². The maximum absolute atomic E-state index is 13.4. The number of allylic oxidation sites excluding steroid dienone is 4. The monoisotopic (exact) mass is 632 g/mol. The lowest BCUT2D eigenvalue weighted by Gasteiger charge is -2.44. The van der Waals surface area contributed by atoms with Gasteiger partial charge in [0.05, 0.1) is 26.8 Å². The zero-order chi connectivity index (χ0) is 32.5. The van der Waals surface area contributed by atoms with Gasteiger partial charge in [-0.25, -0.2) is 4.59 Å². The van der Waals surface area contributed by atoms with Gasteiger partial charge in [-0.1, -0.05) is 147 Å². The Morgan fingerprint density at radius 1 is 0.533 bits per heavy atom. The topological polar surface area (TPSA) is 29.5 Å². The molecule has 1 fully saturated rings. The summed E-state index contributed by atoms with van der Waals surface area (Å²) in [6, 6.07) is 0. The highest BCUT2D eigenvalue weighted by Crippen LogP contribution is 2.19. The lowest BCUT2D eigenvalue weighted by Crippen LogP contribution is -2.64. The number of hydrogen-bond acceptors (Lipinski definition) is 2. The van der Waals surface area contributed by atoms with E-state index in [9.17, 15) is 4.79 Å². The second kappa shape index (κ2) is 31.5. The van der Waals surface area contributed by atoms with E-state index in [1.54, 1.807) is 0 Å². The average molecular weight is 632 g/mol. The van der Waals surface area contributed by atoms with Gasteiger partial charge in [0.15, 0.2) is 0 Å². The molecule has 1 heterocycles. The van der Waals surface area contributed by atoms with Crippen LogP contribution in [-0.2, 0) is 9.53 Å². The van der Waals surface area contributed by atoms with Gasteiger partial charge >= 0.3 is 0 Å². The third-order valence-corrected chi connectivity index (χ3v) is 9.84. The van der Waals surface area contributed by atoms with E-state index in [1.165, 1.54) is 161 Å². The number of ether oxygens (including phenoxy) is 1. The molecule has 4 heteroatoms. The Labute approximate surface area is 282 Å². The molecule has 0 aromatic carbocycles. The lowest BCUT2D eigenvalue weighted by atomic mass is 10.1. The predicted molar refractivity (Wildman–Crippen MR) is 197 cm³/mol. The molecule has 1 rings (SSSR count). The van der Waals surface area contributed by atoms with Crippen LogP contribution < -0.4 is 0 Å². The number of amides is 1. The van der Waals surface area contributed by atoms with E-state index in [-0.39, 0.29) is 0 Å². The molecule has 0 radical (unpaired) electrons. The Hall–Kier alpha value is -1.13. The average Bonchev–Trinajstić information content (AvgIpc) is 3.04. The molecule has 1 aliphatic rings. The van der Waals surface area contributed by atoms with Crippen LogP contribution in [0.1, 0.15) is 194 Å². The number of nitrogens with zero attached hydrogens (tertiary/aromatic N) is 2. The number of carbonyl (C=O) groups excluding carboxylic acids is 1. The number of hydrogen-bond donors (Lipinski definition) is 0. The van der Waals surface area contributed by atoms with Crippen molar-refractivity contribution in [2.24, 2.45) is 0 Å². The number of morpholine rings is 1. The van der Waals surface area contributed by atoms with Gasteiger partial charge in [-0.3, -0.25) is 4.79 Å². The summed E-state index contributed by atoms with van der Waals surface area (Å²) < 4.78 is 6.40. The highest BCUT2D eigenvalue weighted by Gasteiger charge is 2.36. The third-order valence-electron chi connectivity index (χ3n) is 9.84. The number of carbonyl (C=O) groups is 1. The van der Waals surface area contributed by atoms with Gasteiger partial charge in [0.2, 0.25) is 0 Å². The molecule has 45 heavy (non-hydrogen) atoms. The van der Waals surface area contributed by atoms with Crippen molar-refractivity contribution in [1.29, 1.82) is 0 Å². The minimum Gasteiger partial charge on any atom is -0.370 e. The molecule has 0 aromatic heterocycles. The van der Waals surface area contributed by atoms with E-state index in [4.69, 9.17) is 4.74 Å². The van der Waals surface area contributed by atoms with Gasteiger partial charge in [-0.2, -0.15) is 5.01 Å². The second-order valence-corrected chi connectivity index (χ2v) is 14.2. The van der Waals surface area contributed by atoms with Crippen molar-refractivity contribution in [2.45, 2.75) is 194 Å². The summed E-state index contributed by atoms with van der Waals surface area (Å²) in [5, 5.41) is 2.21. The molecule has 0 unspecified atom stereocenters. The highest BCUT2D eigenvalue weighted by atomic mass is 16.5. The number of rotatable bonds is 32. The number of quaternary nitrogens is 1. The van der Waals surface area contributed by atoms with Crippen LogP contribution in [0.5, 0.6) is 0 Å². The van der Waals surface area contributed by atoms with Crippen LogP contribution >= 0.6 is 0 Å². The summed E-state index contributed by atoms with van der Waals surface area (Å²) >= 11 is 0. The minimum atomic E-state index is 0.366. The van der Waals surface area contributed by atoms with Gasteiger partial charge in [-0.15, -0.1) is 0 Å². The first-order chi connectivity index (χ1) is 22.1. The molecule has 1 saturated heterocycles. The van der Waals surface area contributed by atoms with Crippen LogP contribution in [0.25, 0.3) is 0 Å². The van der Waals surface area contributed by atoms with E-state index < -0.39 is 0 Å². The standard InChI is InChI=1S/C41H79N2O2/c1-4-6-8-10-12-14-16-18-20-22-24-26-28-30-32-34-36-42(43(3)37-39-45-40-38-43)41(44)35-33-31-29-27-25-23-21-19-17-15-13-11-9-7-5-2/h18-21H,4-17,22-40H2,1-3H3/q+1/b20-18-,21-19-. The number of unbranched alkanes of at least 4 members (excludes halogenated alkanes) is 23. The quantitative estimate of drug-likeness (QED) is 0.0420. The summed E-state index contributed by atoms with van der Waals surface area (Å²) in [7, 11) is 2.25. The first kappa shape index (κ1) is 41.9. The largest absolute Gasteiger partial charge is 0.370 e. The number of likely N-dealkylation sites (N-methyl/N-ethyl adjacent to an activating group) is 1. The Morgan fingerprint density at radius 2 is 0.889 bits per heavy atom. The van der Waals surface area contributed by atoms with Crippen LogP contribution in [-0.4, -0.2) is 55.4 Å². The maximum atomic E-state index is 13.4. The van der Waals surface area contributed by atoms with E-state index >= 15 is 0 Å². The second-order valence-electron chi connectivity index (χ2n) is 14.2. The van der Waals surface area contributed by atoms with Crippen molar-refractivity contribution < 1.29 is 14.1 Å². The zero-order valence-electron chi connectivity index (χ0n) is 30.9. The molecule has 0 N–H and O–H groups in total. The summed E-state index contributed by atoms with van der Waals surface area (Å²) in [5.74, 6) is 0.366. The fourth-order valence-electron chi connectivity index (χ4n) is 6.60. The fraction of sp³-hybridized carbons (Fsp3) is 0.878. The first-order valence-corrected chi connectivity index (χ1v) is 20.2. The molecule has 1 amide bonds. The molecule has 0 aliphatic carbocycles. The van der Waals surface area contributed by atoms with Gasteiger partial charge in [0, 0.05) is 6.42 Å². The van der Waals surface area contributed by atoms with Crippen molar-refractivity contribution in [2.75, 3.05) is 39.9 Å². The molecule has 0 saturated carbocycles. The van der Waals surface area contributed by atoms with E-state index in [0.29, 0.717) is 12.3 Å². The van der Waals surface area contributed by atoms with Crippen molar-refractivity contribution >= 4 is 5.91 Å². The summed E-state index contributed by atoms with van der Waals surface area (Å²) in [4.78, 5) is 13.4. The lowest BCUT2D eigenvalue weighted by molar-refractivity contribution is -1.01. The Kier molecular flexibility index (Phi) is 29.3. The van der Waals surface area contributed by atoms with Gasteiger partial charge in [0.25, 0.3) is 5.91 Å². The molecular formula is C41H79N2O2+. The Morgan fingerprint density at radius 3 is 1.31 bits per heavy atom. The summed E-state index contributed by atoms with van der Waals surface area (Å²) in [6.45, 7) is 8.85. The van der Waals surface area contributed by atoms with Gasteiger partial charge in [0.1, 0.15) is 13.1 Å². The normalized spacial score (nSPS) is 15.0. The van der Waals surface area contributed by atoms with Crippen LogP contribution in [0.15, 0.2) is 24.3 Å². The van der Waals surface area contributed by atoms with Crippen molar-refractivity contribution in [3.05, 3.63) is 24.3 Å². The molecule has 0 aromatic rings.